The molecular formula is C25H29N7O2. The quantitative estimate of drug-likeness (QED) is 0.544. The van der Waals surface area contributed by atoms with Gasteiger partial charge in [-0.05, 0) is 48.7 Å². The molecule has 3 aromatic heterocycles. The van der Waals surface area contributed by atoms with Gasteiger partial charge in [0.1, 0.15) is 23.9 Å². The lowest BCUT2D eigenvalue weighted by Crippen LogP contribution is -2.36. The van der Waals surface area contributed by atoms with Crippen LogP contribution in [0.4, 0.5) is 23.0 Å². The summed E-state index contributed by atoms with van der Waals surface area (Å²) in [6, 6.07) is 6.22. The van der Waals surface area contributed by atoms with Crippen LogP contribution in [0.3, 0.4) is 0 Å². The maximum Gasteiger partial charge on any atom is 0.237 e. The molecule has 9 nitrogen and oxygen atoms in total. The second-order valence-corrected chi connectivity index (χ2v) is 8.80. The second kappa shape index (κ2) is 9.08. The predicted molar refractivity (Wildman–Crippen MR) is 132 cm³/mol. The fourth-order valence-electron chi connectivity index (χ4n) is 4.85. The van der Waals surface area contributed by atoms with Crippen LogP contribution in [0.5, 0.6) is 5.88 Å². The summed E-state index contributed by atoms with van der Waals surface area (Å²) in [5, 5.41) is 10.5. The Morgan fingerprint density at radius 3 is 2.91 bits per heavy atom. The molecule has 0 atom stereocenters. The first kappa shape index (κ1) is 21.1. The summed E-state index contributed by atoms with van der Waals surface area (Å²) >= 11 is 0. The van der Waals surface area contributed by atoms with E-state index in [-0.39, 0.29) is 0 Å². The van der Waals surface area contributed by atoms with E-state index in [0.29, 0.717) is 12.5 Å². The Morgan fingerprint density at radius 2 is 2.00 bits per heavy atom. The maximum atomic E-state index is 5.74. The van der Waals surface area contributed by atoms with E-state index >= 15 is 0 Å². The third-order valence-electron chi connectivity index (χ3n) is 6.64. The van der Waals surface area contributed by atoms with Crippen molar-refractivity contribution < 1.29 is 9.47 Å². The first-order valence-electron chi connectivity index (χ1n) is 11.9. The molecule has 1 saturated heterocycles. The largest absolute Gasteiger partial charge is 0.474 e. The van der Waals surface area contributed by atoms with Gasteiger partial charge in [-0.15, -0.1) is 0 Å². The van der Waals surface area contributed by atoms with E-state index in [4.69, 9.17) is 14.5 Å². The van der Waals surface area contributed by atoms with Gasteiger partial charge in [-0.2, -0.15) is 0 Å². The van der Waals surface area contributed by atoms with Crippen molar-refractivity contribution in [2.45, 2.75) is 19.9 Å². The molecule has 1 fully saturated rings. The molecule has 3 aromatic rings. The number of morpholine rings is 1. The average Bonchev–Trinajstić information content (AvgIpc) is 2.89. The van der Waals surface area contributed by atoms with Crippen molar-refractivity contribution in [1.82, 2.24) is 20.3 Å². The Morgan fingerprint density at radius 1 is 1.09 bits per heavy atom. The van der Waals surface area contributed by atoms with E-state index < -0.39 is 0 Å². The maximum absolute atomic E-state index is 5.74. The van der Waals surface area contributed by atoms with Gasteiger partial charge in [-0.25, -0.2) is 15.0 Å². The summed E-state index contributed by atoms with van der Waals surface area (Å²) in [6.45, 7) is 8.47. The van der Waals surface area contributed by atoms with E-state index in [2.05, 4.69) is 49.9 Å². The van der Waals surface area contributed by atoms with E-state index in [1.807, 2.05) is 18.5 Å². The first-order chi connectivity index (χ1) is 16.8. The molecule has 0 aromatic carbocycles. The number of nitrogens with zero attached hydrogens (tertiary/aromatic N) is 4. The van der Waals surface area contributed by atoms with Crippen LogP contribution < -0.4 is 25.6 Å². The minimum atomic E-state index is 0.635. The number of fused-ring (bicyclic) bond motifs is 2. The van der Waals surface area contributed by atoms with Gasteiger partial charge in [0.2, 0.25) is 5.88 Å². The summed E-state index contributed by atoms with van der Waals surface area (Å²) in [6.07, 6.45) is 4.69. The van der Waals surface area contributed by atoms with Gasteiger partial charge < -0.3 is 30.3 Å². The van der Waals surface area contributed by atoms with Crippen molar-refractivity contribution in [1.29, 1.82) is 0 Å². The van der Waals surface area contributed by atoms with Crippen molar-refractivity contribution in [2.75, 3.05) is 61.5 Å². The minimum absolute atomic E-state index is 0.635. The molecule has 6 rings (SSSR count). The van der Waals surface area contributed by atoms with E-state index in [1.54, 1.807) is 0 Å². The van der Waals surface area contributed by atoms with Crippen molar-refractivity contribution in [3.8, 4) is 17.1 Å². The molecule has 3 aliphatic rings. The van der Waals surface area contributed by atoms with Gasteiger partial charge in [-0.3, -0.25) is 0 Å². The highest BCUT2D eigenvalue weighted by molar-refractivity contribution is 5.78. The molecule has 9 heteroatoms. The normalized spacial score (nSPS) is 17.3. The van der Waals surface area contributed by atoms with E-state index in [0.717, 1.165) is 92.2 Å². The molecule has 34 heavy (non-hydrogen) atoms. The molecule has 3 N–H and O–H groups in total. The Kier molecular flexibility index (Phi) is 5.64. The monoisotopic (exact) mass is 459 g/mol. The van der Waals surface area contributed by atoms with E-state index in [1.165, 1.54) is 11.1 Å². The van der Waals surface area contributed by atoms with Crippen LogP contribution in [0.1, 0.15) is 16.7 Å². The number of hydrogen-bond acceptors (Lipinski definition) is 9. The fraction of sp³-hybridized carbons (Fsp3) is 0.400. The number of ether oxygens (including phenoxy) is 2. The first-order valence-corrected chi connectivity index (χ1v) is 11.9. The third-order valence-corrected chi connectivity index (χ3v) is 6.64. The molecule has 176 valence electrons. The van der Waals surface area contributed by atoms with Gasteiger partial charge >= 0.3 is 0 Å². The molecule has 6 heterocycles. The van der Waals surface area contributed by atoms with Crippen molar-refractivity contribution in [3.05, 3.63) is 47.3 Å². The summed E-state index contributed by atoms with van der Waals surface area (Å²) in [4.78, 5) is 16.5. The molecule has 0 bridgehead atoms. The van der Waals surface area contributed by atoms with Crippen LogP contribution in [-0.2, 0) is 17.7 Å². The van der Waals surface area contributed by atoms with Crippen molar-refractivity contribution >= 4 is 23.0 Å². The molecule has 3 aliphatic heterocycles. The zero-order chi connectivity index (χ0) is 22.9. The highest BCUT2D eigenvalue weighted by Crippen LogP contribution is 2.38. The van der Waals surface area contributed by atoms with Gasteiger partial charge in [0.25, 0.3) is 0 Å². The lowest BCUT2D eigenvalue weighted by atomic mass is 9.94. The SMILES string of the molecule is Cc1c(-c2nc(Nc3ccnc(N4CCOCC4)c3)cc3c2CCNC3)cnc2c1NCCO2. The summed E-state index contributed by atoms with van der Waals surface area (Å²) in [5.41, 5.74) is 7.64. The van der Waals surface area contributed by atoms with Crippen LogP contribution in [0.25, 0.3) is 11.3 Å². The Balaban J connectivity index is 1.37. The summed E-state index contributed by atoms with van der Waals surface area (Å²) in [7, 11) is 0. The number of hydrogen-bond donors (Lipinski definition) is 3. The predicted octanol–water partition coefficient (Wildman–Crippen LogP) is 2.88. The van der Waals surface area contributed by atoms with Crippen LogP contribution in [-0.4, -0.2) is 61.0 Å². The number of aromatic nitrogens is 3. The molecule has 0 amide bonds. The van der Waals surface area contributed by atoms with Gasteiger partial charge in [0.05, 0.1) is 18.9 Å². The average molecular weight is 460 g/mol. The third kappa shape index (κ3) is 4.01. The van der Waals surface area contributed by atoms with Crippen molar-refractivity contribution in [2.24, 2.45) is 0 Å². The number of nitrogens with one attached hydrogen (secondary N) is 3. The van der Waals surface area contributed by atoms with Crippen LogP contribution >= 0.6 is 0 Å². The molecule has 0 aliphatic carbocycles. The molecule has 0 unspecified atom stereocenters. The second-order valence-electron chi connectivity index (χ2n) is 8.80. The zero-order valence-electron chi connectivity index (χ0n) is 19.4. The van der Waals surface area contributed by atoms with Gasteiger partial charge in [-0.1, -0.05) is 0 Å². The fourth-order valence-corrected chi connectivity index (χ4v) is 4.85. The minimum Gasteiger partial charge on any atom is -0.474 e. The highest BCUT2D eigenvalue weighted by Gasteiger charge is 2.23. The molecule has 0 saturated carbocycles. The van der Waals surface area contributed by atoms with Crippen molar-refractivity contribution in [3.63, 3.8) is 0 Å². The lowest BCUT2D eigenvalue weighted by Gasteiger charge is -2.28. The van der Waals surface area contributed by atoms with Crippen LogP contribution in [0.2, 0.25) is 0 Å². The van der Waals surface area contributed by atoms with Crippen LogP contribution in [0.15, 0.2) is 30.6 Å². The highest BCUT2D eigenvalue weighted by atomic mass is 16.5. The van der Waals surface area contributed by atoms with Crippen LogP contribution in [0, 0.1) is 6.92 Å². The molecular weight excluding hydrogens is 430 g/mol. The molecule has 0 radical (unpaired) electrons. The number of pyridine rings is 3. The Bertz CT molecular complexity index is 1210. The lowest BCUT2D eigenvalue weighted by molar-refractivity contribution is 0.122. The number of anilines is 4. The Labute approximate surface area is 198 Å². The topological polar surface area (TPSA) is 96.5 Å². The summed E-state index contributed by atoms with van der Waals surface area (Å²) < 4.78 is 11.2. The number of rotatable bonds is 4. The zero-order valence-corrected chi connectivity index (χ0v) is 19.4. The standard InChI is InChI=1S/C25H29N7O2/c1-16-20(15-29-25-23(16)28-6-9-34-25)24-19-3-4-26-14-17(19)12-21(31-24)30-18-2-5-27-22(13-18)32-7-10-33-11-8-32/h2,5,12-13,15,26,28H,3-4,6-11,14H2,1H3,(H,27,30,31). The summed E-state index contributed by atoms with van der Waals surface area (Å²) in [5.74, 6) is 2.44. The van der Waals surface area contributed by atoms with Gasteiger partial charge in [0, 0.05) is 55.9 Å². The Hall–Kier alpha value is -3.43. The van der Waals surface area contributed by atoms with E-state index in [9.17, 15) is 0 Å². The van der Waals surface area contributed by atoms with Gasteiger partial charge in [0.15, 0.2) is 0 Å². The smallest absolute Gasteiger partial charge is 0.237 e. The molecule has 0 spiro atoms.